The second-order valence-electron chi connectivity index (χ2n) is 9.13. The minimum absolute atomic E-state index is 0.0755. The molecule has 42 heavy (non-hydrogen) atoms. The van der Waals surface area contributed by atoms with Gasteiger partial charge in [-0.1, -0.05) is 35.9 Å². The zero-order valence-electron chi connectivity index (χ0n) is 22.1. The van der Waals surface area contributed by atoms with Crippen molar-refractivity contribution >= 4 is 35.1 Å². The smallest absolute Gasteiger partial charge is 0.382 e. The lowest BCUT2D eigenvalue weighted by Gasteiger charge is -2.26. The van der Waals surface area contributed by atoms with Crippen LogP contribution in [0.15, 0.2) is 79.1 Å². The van der Waals surface area contributed by atoms with Gasteiger partial charge in [0.2, 0.25) is 0 Å². The summed E-state index contributed by atoms with van der Waals surface area (Å²) in [5.74, 6) is -0.896. The fraction of sp³-hybridized carbons (Fsp3) is 0.179. The normalized spacial score (nSPS) is 12.0. The molecule has 10 nitrogen and oxygen atoms in total. The Kier molecular flexibility index (Phi) is 9.23. The molecule has 4 rings (SSSR count). The van der Waals surface area contributed by atoms with Crippen LogP contribution in [0.5, 0.6) is 0 Å². The summed E-state index contributed by atoms with van der Waals surface area (Å²) in [5, 5.41) is 27.7. The van der Waals surface area contributed by atoms with Gasteiger partial charge in [0.15, 0.2) is 11.9 Å². The number of aliphatic hydroxyl groups excluding tert-OH is 1. The number of carbonyl (C=O) groups is 2. The van der Waals surface area contributed by atoms with Gasteiger partial charge in [0.25, 0.3) is 5.91 Å². The van der Waals surface area contributed by atoms with E-state index in [2.05, 4.69) is 20.7 Å². The van der Waals surface area contributed by atoms with Crippen LogP contribution in [0.3, 0.4) is 0 Å². The van der Waals surface area contributed by atoms with E-state index in [1.54, 1.807) is 30.3 Å². The third-order valence-electron chi connectivity index (χ3n) is 5.97. The van der Waals surface area contributed by atoms with E-state index in [4.69, 9.17) is 17.0 Å². The van der Waals surface area contributed by atoms with E-state index in [1.807, 2.05) is 25.1 Å². The molecule has 0 radical (unpaired) electrons. The molecule has 0 unspecified atom stereocenters. The summed E-state index contributed by atoms with van der Waals surface area (Å²) in [5.41, 5.74) is 2.38. The van der Waals surface area contributed by atoms with Crippen molar-refractivity contribution in [2.75, 3.05) is 11.9 Å². The Labute approximate surface area is 243 Å². The van der Waals surface area contributed by atoms with Crippen LogP contribution in [0.25, 0.3) is 5.69 Å². The second kappa shape index (κ2) is 12.8. The van der Waals surface area contributed by atoms with Crippen molar-refractivity contribution in [2.45, 2.75) is 25.7 Å². The van der Waals surface area contributed by atoms with Gasteiger partial charge in [0.1, 0.15) is 12.2 Å². The molecular weight excluding hydrogens is 575 g/mol. The van der Waals surface area contributed by atoms with E-state index >= 15 is 0 Å². The van der Waals surface area contributed by atoms with Gasteiger partial charge in [0, 0.05) is 16.3 Å². The largest absolute Gasteiger partial charge is 0.416 e. The molecule has 0 fully saturated rings. The zero-order chi connectivity index (χ0) is 30.4. The summed E-state index contributed by atoms with van der Waals surface area (Å²) < 4.78 is 40.6. The maximum Gasteiger partial charge on any atom is 0.416 e. The molecule has 0 aliphatic heterocycles. The third kappa shape index (κ3) is 7.50. The highest BCUT2D eigenvalue weighted by atomic mass is 35.5. The molecule has 3 aromatic carbocycles. The molecule has 14 heteroatoms. The summed E-state index contributed by atoms with van der Waals surface area (Å²) in [6, 6.07) is 18.4. The van der Waals surface area contributed by atoms with E-state index < -0.39 is 30.7 Å². The van der Waals surface area contributed by atoms with E-state index in [1.165, 1.54) is 35.3 Å². The Bertz CT molecular complexity index is 1590. The summed E-state index contributed by atoms with van der Waals surface area (Å²) in [6.45, 7) is 0.357. The van der Waals surface area contributed by atoms with Crippen LogP contribution in [-0.4, -0.2) is 61.4 Å². The Hall–Kier alpha value is -4.75. The lowest BCUT2D eigenvalue weighted by atomic mass is 10.1. The van der Waals surface area contributed by atoms with Crippen molar-refractivity contribution < 1.29 is 27.9 Å². The summed E-state index contributed by atoms with van der Waals surface area (Å²) in [7, 11) is 0. The Morgan fingerprint density at radius 1 is 1.10 bits per heavy atom. The number of hydrogen-bond acceptors (Lipinski definition) is 6. The van der Waals surface area contributed by atoms with Crippen LogP contribution < -0.4 is 10.6 Å². The molecule has 0 saturated heterocycles. The first-order chi connectivity index (χ1) is 19.9. The number of urea groups is 1. The van der Waals surface area contributed by atoms with Crippen LogP contribution >= 0.6 is 11.6 Å². The first-order valence-electron chi connectivity index (χ1n) is 12.4. The van der Waals surface area contributed by atoms with Crippen LogP contribution in [0, 0.1) is 12.3 Å². The van der Waals surface area contributed by atoms with E-state index in [-0.39, 0.29) is 23.8 Å². The predicted octanol–water partition coefficient (Wildman–Crippen LogP) is 4.94. The van der Waals surface area contributed by atoms with Gasteiger partial charge < -0.3 is 15.7 Å². The number of halogens is 4. The third-order valence-corrected chi connectivity index (χ3v) is 6.23. The van der Waals surface area contributed by atoms with Crippen molar-refractivity contribution in [1.29, 1.82) is 5.41 Å². The quantitative estimate of drug-likeness (QED) is 0.168. The molecule has 4 N–H and O–H groups in total. The average Bonchev–Trinajstić information content (AvgIpc) is 3.43. The minimum Gasteiger partial charge on any atom is -0.382 e. The molecule has 4 aromatic rings. The number of nitrogens with one attached hydrogen (secondary N) is 3. The SMILES string of the molecule is Cc1cccc(NC(=O)c2ccccc2-n2cnc(CNC(=O)N(C[C@H](O)C(F)(F)F)C(=N)c3ccc(Cl)cc3)n2)c1. The second-order valence-corrected chi connectivity index (χ2v) is 9.56. The molecule has 0 spiro atoms. The maximum absolute atomic E-state index is 13.1. The van der Waals surface area contributed by atoms with Crippen molar-refractivity contribution in [3.8, 4) is 5.69 Å². The molecule has 218 valence electrons. The number of carbonyl (C=O) groups excluding carboxylic acids is 2. The van der Waals surface area contributed by atoms with Gasteiger partial charge in [-0.15, -0.1) is 5.10 Å². The monoisotopic (exact) mass is 599 g/mol. The predicted molar refractivity (Wildman–Crippen MR) is 150 cm³/mol. The minimum atomic E-state index is -5.02. The van der Waals surface area contributed by atoms with E-state index in [0.29, 0.717) is 26.9 Å². The van der Waals surface area contributed by atoms with Crippen LogP contribution in [-0.2, 0) is 6.54 Å². The number of alkyl halides is 3. The number of anilines is 1. The number of amidine groups is 1. The van der Waals surface area contributed by atoms with E-state index in [0.717, 1.165) is 5.56 Å². The Morgan fingerprint density at radius 3 is 2.50 bits per heavy atom. The molecule has 0 aliphatic carbocycles. The molecule has 0 saturated carbocycles. The summed E-state index contributed by atoms with van der Waals surface area (Å²) >= 11 is 5.85. The topological polar surface area (TPSA) is 136 Å². The standard InChI is InChI=1S/C28H25ClF3N7O3/c1-17-5-4-6-20(13-17)36-26(41)21-7-2-3-8-22(21)39-16-35-24(37-39)14-34-27(42)38(15-23(40)28(30,31)32)25(33)18-9-11-19(29)12-10-18/h2-13,16,23,33,40H,14-15H2,1H3,(H,34,42)(H,36,41)/t23-/m0/s1. The van der Waals surface area contributed by atoms with Crippen molar-refractivity contribution in [1.82, 2.24) is 25.0 Å². The maximum atomic E-state index is 13.1. The number of amides is 3. The number of para-hydroxylation sites is 1. The fourth-order valence-corrected chi connectivity index (χ4v) is 3.97. The van der Waals surface area contributed by atoms with Gasteiger partial charge >= 0.3 is 12.2 Å². The first kappa shape index (κ1) is 30.2. The number of nitrogens with zero attached hydrogens (tertiary/aromatic N) is 4. The van der Waals surface area contributed by atoms with Crippen LogP contribution in [0.2, 0.25) is 5.02 Å². The highest BCUT2D eigenvalue weighted by Gasteiger charge is 2.41. The molecule has 1 aromatic heterocycles. The van der Waals surface area contributed by atoms with Crippen molar-refractivity contribution in [3.63, 3.8) is 0 Å². The number of hydrogen-bond donors (Lipinski definition) is 4. The fourth-order valence-electron chi connectivity index (χ4n) is 3.85. The molecule has 0 aliphatic rings. The van der Waals surface area contributed by atoms with Crippen molar-refractivity contribution in [3.05, 3.63) is 107 Å². The van der Waals surface area contributed by atoms with Gasteiger partial charge in [-0.3, -0.25) is 15.1 Å². The summed E-state index contributed by atoms with van der Waals surface area (Å²) in [6.07, 6.45) is -6.59. The lowest BCUT2D eigenvalue weighted by molar-refractivity contribution is -0.204. The molecular formula is C28H25ClF3N7O3. The molecule has 1 heterocycles. The summed E-state index contributed by atoms with van der Waals surface area (Å²) in [4.78, 5) is 30.5. The number of rotatable bonds is 8. The van der Waals surface area contributed by atoms with Gasteiger partial charge in [-0.2, -0.15) is 13.2 Å². The number of aryl methyl sites for hydroxylation is 1. The zero-order valence-corrected chi connectivity index (χ0v) is 22.8. The van der Waals surface area contributed by atoms with Crippen LogP contribution in [0.1, 0.15) is 27.3 Å². The highest BCUT2D eigenvalue weighted by Crippen LogP contribution is 2.22. The Balaban J connectivity index is 1.49. The number of aromatic nitrogens is 3. The van der Waals surface area contributed by atoms with Crippen LogP contribution in [0.4, 0.5) is 23.7 Å². The Morgan fingerprint density at radius 2 is 1.81 bits per heavy atom. The molecule has 1 atom stereocenters. The van der Waals surface area contributed by atoms with Gasteiger partial charge in [-0.05, 0) is 61.0 Å². The molecule has 3 amide bonds. The number of aliphatic hydroxyl groups is 1. The van der Waals surface area contributed by atoms with Gasteiger partial charge in [0.05, 0.1) is 24.3 Å². The first-order valence-corrected chi connectivity index (χ1v) is 12.8. The van der Waals surface area contributed by atoms with E-state index in [9.17, 15) is 27.9 Å². The average molecular weight is 600 g/mol. The number of benzene rings is 3. The molecule has 0 bridgehead atoms. The van der Waals surface area contributed by atoms with Crippen molar-refractivity contribution in [2.24, 2.45) is 0 Å². The lowest BCUT2D eigenvalue weighted by Crippen LogP contribution is -2.50. The van der Waals surface area contributed by atoms with Gasteiger partial charge in [-0.25, -0.2) is 14.5 Å². The highest BCUT2D eigenvalue weighted by molar-refractivity contribution is 6.30.